The lowest BCUT2D eigenvalue weighted by Gasteiger charge is -2.38. The van der Waals surface area contributed by atoms with Gasteiger partial charge in [0.1, 0.15) is 11.4 Å². The lowest BCUT2D eigenvalue weighted by atomic mass is 9.74. The zero-order valence-corrected chi connectivity index (χ0v) is 21.4. The number of aromatic nitrogens is 2. The smallest absolute Gasteiger partial charge is 0.410 e. The Morgan fingerprint density at radius 1 is 1.20 bits per heavy atom. The highest BCUT2D eigenvalue weighted by Gasteiger charge is 2.53. The number of rotatable bonds is 2. The highest BCUT2D eigenvalue weighted by atomic mass is 79.9. The summed E-state index contributed by atoms with van der Waals surface area (Å²) in [5.41, 5.74) is 1.08. The summed E-state index contributed by atoms with van der Waals surface area (Å²) in [7, 11) is 0. The highest BCUT2D eigenvalue weighted by molar-refractivity contribution is 9.10. The van der Waals surface area contributed by atoms with Crippen LogP contribution in [0.2, 0.25) is 0 Å². The van der Waals surface area contributed by atoms with E-state index < -0.39 is 11.0 Å². The molecule has 1 fully saturated rings. The normalized spacial score (nSPS) is 17.2. The van der Waals surface area contributed by atoms with Crippen molar-refractivity contribution < 1.29 is 18.7 Å². The number of piperidine rings is 1. The third kappa shape index (κ3) is 4.16. The Hall–Kier alpha value is -3.07. The average Bonchev–Trinajstić information content (AvgIpc) is 3.03. The Balaban J connectivity index is 1.43. The van der Waals surface area contributed by atoms with Gasteiger partial charge in [0.25, 0.3) is 0 Å². The summed E-state index contributed by atoms with van der Waals surface area (Å²) in [5, 5.41) is 1.51. The third-order valence-electron chi connectivity index (χ3n) is 6.70. The highest BCUT2D eigenvalue weighted by Crippen LogP contribution is 2.48. The molecule has 2 aliphatic rings. The molecule has 2 amide bonds. The molecule has 4 heterocycles. The first-order valence-electron chi connectivity index (χ1n) is 11.6. The largest absolute Gasteiger partial charge is 0.444 e. The monoisotopic (exact) mass is 540 g/mol. The van der Waals surface area contributed by atoms with E-state index >= 15 is 0 Å². The van der Waals surface area contributed by atoms with Crippen molar-refractivity contribution in [2.24, 2.45) is 0 Å². The maximum absolute atomic E-state index is 13.9. The molecule has 7 nitrogen and oxygen atoms in total. The first-order valence-corrected chi connectivity index (χ1v) is 12.4. The molecule has 9 heteroatoms. The first-order chi connectivity index (χ1) is 16.6. The van der Waals surface area contributed by atoms with E-state index in [1.165, 1.54) is 12.1 Å². The molecular formula is C26H26BrFN4O3. The van der Waals surface area contributed by atoms with Gasteiger partial charge in [0.2, 0.25) is 5.91 Å². The van der Waals surface area contributed by atoms with E-state index in [0.29, 0.717) is 37.0 Å². The minimum Gasteiger partial charge on any atom is -0.444 e. The van der Waals surface area contributed by atoms with Crippen LogP contribution in [0.1, 0.15) is 44.9 Å². The molecular weight excluding hydrogens is 515 g/mol. The Bertz CT molecular complexity index is 1330. The summed E-state index contributed by atoms with van der Waals surface area (Å²) < 4.78 is 19.9. The van der Waals surface area contributed by atoms with Crippen LogP contribution in [-0.2, 0) is 21.5 Å². The van der Waals surface area contributed by atoms with Gasteiger partial charge in [0, 0.05) is 35.3 Å². The topological polar surface area (TPSA) is 75.6 Å². The number of amides is 2. The second-order valence-corrected chi connectivity index (χ2v) is 10.9. The molecule has 3 aromatic rings. The van der Waals surface area contributed by atoms with Crippen LogP contribution in [0, 0.1) is 5.82 Å². The van der Waals surface area contributed by atoms with Crippen LogP contribution in [0.25, 0.3) is 10.8 Å². The molecule has 0 aliphatic carbocycles. The number of likely N-dealkylation sites (tertiary alicyclic amines) is 1. The van der Waals surface area contributed by atoms with Crippen LogP contribution in [0.4, 0.5) is 14.9 Å². The molecule has 2 aromatic heterocycles. The van der Waals surface area contributed by atoms with Gasteiger partial charge in [-0.1, -0.05) is 6.07 Å². The van der Waals surface area contributed by atoms with E-state index in [1.807, 2.05) is 26.8 Å². The quantitative estimate of drug-likeness (QED) is 0.438. The Kier molecular flexibility index (Phi) is 5.78. The van der Waals surface area contributed by atoms with Crippen molar-refractivity contribution in [1.82, 2.24) is 14.9 Å². The summed E-state index contributed by atoms with van der Waals surface area (Å²) in [6.07, 6.45) is 5.69. The van der Waals surface area contributed by atoms with Crippen molar-refractivity contribution >= 4 is 44.4 Å². The lowest BCUT2D eigenvalue weighted by Crippen LogP contribution is -2.50. The Labute approximate surface area is 211 Å². The molecule has 1 spiro atoms. The third-order valence-corrected chi connectivity index (χ3v) is 7.59. The molecule has 0 N–H and O–H groups in total. The van der Waals surface area contributed by atoms with E-state index in [-0.39, 0.29) is 24.4 Å². The number of pyridine rings is 2. The number of hydrogen-bond donors (Lipinski definition) is 0. The molecule has 2 aliphatic heterocycles. The van der Waals surface area contributed by atoms with Gasteiger partial charge >= 0.3 is 6.09 Å². The van der Waals surface area contributed by atoms with Gasteiger partial charge in [0.15, 0.2) is 0 Å². The molecule has 0 radical (unpaired) electrons. The second-order valence-electron chi connectivity index (χ2n) is 10.1. The Morgan fingerprint density at radius 3 is 2.66 bits per heavy atom. The van der Waals surface area contributed by atoms with Gasteiger partial charge in [0.05, 0.1) is 29.5 Å². The van der Waals surface area contributed by atoms with Crippen LogP contribution in [0.5, 0.6) is 0 Å². The number of nitrogens with zero attached hydrogens (tertiary/aromatic N) is 4. The van der Waals surface area contributed by atoms with Gasteiger partial charge in [-0.3, -0.25) is 14.8 Å². The number of hydrogen-bond acceptors (Lipinski definition) is 5. The predicted molar refractivity (Wildman–Crippen MR) is 134 cm³/mol. The molecule has 0 atom stereocenters. The molecule has 35 heavy (non-hydrogen) atoms. The van der Waals surface area contributed by atoms with Crippen LogP contribution in [-0.4, -0.2) is 45.6 Å². The summed E-state index contributed by atoms with van der Waals surface area (Å²) in [6.45, 7) is 6.64. The maximum Gasteiger partial charge on any atom is 0.410 e. The fourth-order valence-corrected chi connectivity index (χ4v) is 5.58. The van der Waals surface area contributed by atoms with Gasteiger partial charge in [-0.25, -0.2) is 9.18 Å². The SMILES string of the molecule is CC(C)(C)OC(=O)N1CCC2(CC1)C(=O)N(Cc1ncc3cc(F)ccc3c1Br)c1cnccc12. The van der Waals surface area contributed by atoms with Gasteiger partial charge in [-0.15, -0.1) is 0 Å². The minimum absolute atomic E-state index is 0.0164. The zero-order valence-electron chi connectivity index (χ0n) is 19.8. The minimum atomic E-state index is -0.719. The zero-order chi connectivity index (χ0) is 25.0. The fraction of sp³-hybridized carbons (Fsp3) is 0.385. The fourth-order valence-electron chi connectivity index (χ4n) is 4.99. The van der Waals surface area contributed by atoms with Gasteiger partial charge in [-0.2, -0.15) is 0 Å². The number of benzene rings is 1. The summed E-state index contributed by atoms with van der Waals surface area (Å²) in [6, 6.07) is 6.45. The van der Waals surface area contributed by atoms with E-state index in [2.05, 4.69) is 25.9 Å². The van der Waals surface area contributed by atoms with E-state index in [0.717, 1.165) is 21.1 Å². The van der Waals surface area contributed by atoms with Crippen molar-refractivity contribution in [2.45, 2.75) is 51.2 Å². The van der Waals surface area contributed by atoms with E-state index in [9.17, 15) is 14.0 Å². The average molecular weight is 541 g/mol. The van der Waals surface area contributed by atoms with Crippen molar-refractivity contribution in [3.05, 3.63) is 64.4 Å². The number of carbonyl (C=O) groups excluding carboxylic acids is 2. The number of halogens is 2. The standard InChI is InChI=1S/C26H26BrFN4O3/c1-25(2,3)35-24(34)31-10-7-26(8-11-31)19-6-9-29-14-21(19)32(23(26)33)15-20-22(27)18-5-4-17(28)12-16(18)13-30-20/h4-6,9,12-14H,7-8,10-11,15H2,1-3H3. The summed E-state index contributed by atoms with van der Waals surface area (Å²) >= 11 is 3.61. The predicted octanol–water partition coefficient (Wildman–Crippen LogP) is 5.35. The van der Waals surface area contributed by atoms with Crippen molar-refractivity contribution in [1.29, 1.82) is 0 Å². The number of anilines is 1. The lowest BCUT2D eigenvalue weighted by molar-refractivity contribution is -0.125. The van der Waals surface area contributed by atoms with Crippen LogP contribution < -0.4 is 4.90 Å². The van der Waals surface area contributed by atoms with E-state index in [4.69, 9.17) is 4.74 Å². The summed E-state index contributed by atoms with van der Waals surface area (Å²) in [5.74, 6) is -0.342. The van der Waals surface area contributed by atoms with Crippen LogP contribution >= 0.6 is 15.9 Å². The first kappa shape index (κ1) is 23.7. The van der Waals surface area contributed by atoms with Crippen molar-refractivity contribution in [3.63, 3.8) is 0 Å². The maximum atomic E-state index is 13.9. The van der Waals surface area contributed by atoms with Crippen LogP contribution in [0.15, 0.2) is 47.3 Å². The van der Waals surface area contributed by atoms with Gasteiger partial charge in [-0.05, 0) is 78.7 Å². The van der Waals surface area contributed by atoms with Crippen molar-refractivity contribution in [3.8, 4) is 0 Å². The molecule has 0 bridgehead atoms. The van der Waals surface area contributed by atoms with Crippen LogP contribution in [0.3, 0.4) is 0 Å². The van der Waals surface area contributed by atoms with E-state index in [1.54, 1.807) is 34.5 Å². The molecule has 1 aromatic carbocycles. The Morgan fingerprint density at radius 2 is 1.94 bits per heavy atom. The van der Waals surface area contributed by atoms with Gasteiger partial charge < -0.3 is 14.5 Å². The second kappa shape index (κ2) is 8.55. The molecule has 0 unspecified atom stereocenters. The number of fused-ring (bicyclic) bond motifs is 3. The molecule has 182 valence electrons. The van der Waals surface area contributed by atoms with Crippen molar-refractivity contribution in [2.75, 3.05) is 18.0 Å². The molecule has 5 rings (SSSR count). The number of carbonyl (C=O) groups is 2. The number of ether oxygens (including phenoxy) is 1. The summed E-state index contributed by atoms with van der Waals surface area (Å²) in [4.78, 5) is 38.7. The molecule has 0 saturated carbocycles. The molecule has 1 saturated heterocycles.